The van der Waals surface area contributed by atoms with Crippen LogP contribution in [-0.4, -0.2) is 19.1 Å². The zero-order valence-electron chi connectivity index (χ0n) is 10.7. The first kappa shape index (κ1) is 13.1. The van der Waals surface area contributed by atoms with Gasteiger partial charge in [-0.2, -0.15) is 8.42 Å². The van der Waals surface area contributed by atoms with Crippen LogP contribution in [0.15, 0.2) is 23.1 Å². The summed E-state index contributed by atoms with van der Waals surface area (Å²) >= 11 is 0. The first-order chi connectivity index (χ1) is 8.86. The molecular weight excluding hydrogens is 267 g/mol. The van der Waals surface area contributed by atoms with Gasteiger partial charge in [0.15, 0.2) is 0 Å². The van der Waals surface area contributed by atoms with Crippen molar-refractivity contribution in [3.63, 3.8) is 0 Å². The second-order valence-electron chi connectivity index (χ2n) is 5.88. The number of aryl methyl sites for hydroxylation is 1. The summed E-state index contributed by atoms with van der Waals surface area (Å²) in [6, 6.07) is 4.87. The molecule has 0 heterocycles. The van der Waals surface area contributed by atoms with Crippen molar-refractivity contribution in [2.45, 2.75) is 43.2 Å². The Bertz CT molecular complexity index is 611. The number of alkyl halides is 1. The number of rotatable bonds is 2. The second-order valence-corrected chi connectivity index (χ2v) is 7.27. The monoisotopic (exact) mass is 284 g/mol. The zero-order valence-corrected chi connectivity index (χ0v) is 11.5. The fourth-order valence-corrected chi connectivity index (χ4v) is 4.56. The summed E-state index contributed by atoms with van der Waals surface area (Å²) in [6.07, 6.45) is 1.44. The summed E-state index contributed by atoms with van der Waals surface area (Å²) in [5.41, 5.74) is 1.53. The molecule has 2 fully saturated rings. The number of halogens is 1. The molecule has 104 valence electrons. The lowest BCUT2D eigenvalue weighted by Gasteiger charge is -2.26. The van der Waals surface area contributed by atoms with Crippen molar-refractivity contribution in [2.75, 3.05) is 0 Å². The van der Waals surface area contributed by atoms with Crippen molar-refractivity contribution in [1.82, 2.24) is 0 Å². The van der Waals surface area contributed by atoms with Gasteiger partial charge in [-0.05, 0) is 55.6 Å². The Morgan fingerprint density at radius 1 is 1.26 bits per heavy atom. The first-order valence-electron chi connectivity index (χ1n) is 6.58. The molecule has 4 atom stereocenters. The van der Waals surface area contributed by atoms with E-state index in [1.165, 1.54) is 6.07 Å². The van der Waals surface area contributed by atoms with Crippen molar-refractivity contribution in [1.29, 1.82) is 0 Å². The maximum atomic E-state index is 13.9. The van der Waals surface area contributed by atoms with Gasteiger partial charge in [0.25, 0.3) is 10.1 Å². The van der Waals surface area contributed by atoms with Crippen molar-refractivity contribution >= 4 is 10.1 Å². The van der Waals surface area contributed by atoms with Gasteiger partial charge in [0.1, 0.15) is 6.17 Å². The zero-order chi connectivity index (χ0) is 13.8. The highest BCUT2D eigenvalue weighted by atomic mass is 32.2. The molecular formula is C14H17FO3S. The maximum absolute atomic E-state index is 13.9. The fraction of sp³-hybridized carbons (Fsp3) is 0.571. The highest BCUT2D eigenvalue weighted by molar-refractivity contribution is 7.85. The Morgan fingerprint density at radius 2 is 2.00 bits per heavy atom. The molecule has 0 aliphatic heterocycles. The van der Waals surface area contributed by atoms with Crippen molar-refractivity contribution in [2.24, 2.45) is 11.8 Å². The summed E-state index contributed by atoms with van der Waals surface area (Å²) < 4.78 is 46.1. The van der Waals surface area contributed by atoms with Crippen molar-refractivity contribution in [3.05, 3.63) is 29.3 Å². The van der Waals surface area contributed by atoms with Gasteiger partial charge in [0.05, 0.1) is 4.90 Å². The third kappa shape index (κ3) is 2.19. The van der Waals surface area contributed by atoms with Gasteiger partial charge >= 0.3 is 0 Å². The van der Waals surface area contributed by atoms with E-state index in [0.717, 1.165) is 18.4 Å². The van der Waals surface area contributed by atoms with E-state index in [-0.39, 0.29) is 16.7 Å². The van der Waals surface area contributed by atoms with Crippen LogP contribution < -0.4 is 0 Å². The molecule has 0 amide bonds. The van der Waals surface area contributed by atoms with Crippen LogP contribution in [0.25, 0.3) is 0 Å². The van der Waals surface area contributed by atoms with Crippen LogP contribution in [0.1, 0.15) is 36.3 Å². The quantitative estimate of drug-likeness (QED) is 0.849. The van der Waals surface area contributed by atoms with Gasteiger partial charge in [-0.15, -0.1) is 0 Å². The normalized spacial score (nSPS) is 33.8. The SMILES string of the molecule is Cc1ccc(S(=O)(=O)O)c([C@H]2C[C@@H]3C[C@@H]2[C@@H](F)C3)c1. The van der Waals surface area contributed by atoms with Gasteiger partial charge in [0.2, 0.25) is 0 Å². The van der Waals surface area contributed by atoms with Crippen LogP contribution in [0, 0.1) is 18.8 Å². The Labute approximate surface area is 112 Å². The minimum atomic E-state index is -4.24. The average Bonchev–Trinajstić information content (AvgIpc) is 2.85. The van der Waals surface area contributed by atoms with E-state index in [2.05, 4.69) is 0 Å². The van der Waals surface area contributed by atoms with Crippen LogP contribution in [0.4, 0.5) is 4.39 Å². The maximum Gasteiger partial charge on any atom is 0.294 e. The lowest BCUT2D eigenvalue weighted by Crippen LogP contribution is -2.21. The molecule has 3 rings (SSSR count). The van der Waals surface area contributed by atoms with Crippen LogP contribution >= 0.6 is 0 Å². The summed E-state index contributed by atoms with van der Waals surface area (Å²) in [6.45, 7) is 1.87. The third-order valence-corrected chi connectivity index (χ3v) is 5.50. The molecule has 3 nitrogen and oxygen atoms in total. The van der Waals surface area contributed by atoms with Crippen LogP contribution in [-0.2, 0) is 10.1 Å². The molecule has 2 aliphatic rings. The van der Waals surface area contributed by atoms with Crippen LogP contribution in [0.5, 0.6) is 0 Å². The fourth-order valence-electron chi connectivity index (χ4n) is 3.81. The summed E-state index contributed by atoms with van der Waals surface area (Å²) in [5, 5.41) is 0. The van der Waals surface area contributed by atoms with E-state index < -0.39 is 16.3 Å². The molecule has 0 aromatic heterocycles. The van der Waals surface area contributed by atoms with Gasteiger partial charge in [0, 0.05) is 0 Å². The molecule has 0 unspecified atom stereocenters. The van der Waals surface area contributed by atoms with Gasteiger partial charge in [-0.25, -0.2) is 4.39 Å². The molecule has 1 aromatic carbocycles. The third-order valence-electron chi connectivity index (χ3n) is 4.58. The molecule has 2 saturated carbocycles. The van der Waals surface area contributed by atoms with Crippen LogP contribution in [0.2, 0.25) is 0 Å². The number of benzene rings is 1. The first-order valence-corrected chi connectivity index (χ1v) is 8.02. The Balaban J connectivity index is 2.08. The molecule has 5 heteroatoms. The molecule has 0 radical (unpaired) electrons. The number of fused-ring (bicyclic) bond motifs is 2. The Morgan fingerprint density at radius 3 is 2.58 bits per heavy atom. The standard InChI is InChI=1S/C14H17FO3S/c1-8-2-3-14(19(16,17)18)12(4-8)10-5-9-6-11(10)13(15)7-9/h2-4,9-11,13H,5-7H2,1H3,(H,16,17,18)/t9-,10+,11+,13+/m1/s1. The molecule has 1 N–H and O–H groups in total. The lowest BCUT2D eigenvalue weighted by atomic mass is 9.82. The van der Waals surface area contributed by atoms with E-state index in [1.807, 2.05) is 6.92 Å². The highest BCUT2D eigenvalue weighted by Gasteiger charge is 2.48. The number of hydrogen-bond donors (Lipinski definition) is 1. The van der Waals surface area contributed by atoms with E-state index >= 15 is 0 Å². The largest absolute Gasteiger partial charge is 0.294 e. The van der Waals surface area contributed by atoms with E-state index in [0.29, 0.717) is 17.9 Å². The summed E-state index contributed by atoms with van der Waals surface area (Å²) in [5.74, 6) is 0.192. The van der Waals surface area contributed by atoms with Crippen LogP contribution in [0.3, 0.4) is 0 Å². The Hall–Kier alpha value is -0.940. The van der Waals surface area contributed by atoms with Crippen molar-refractivity contribution < 1.29 is 17.4 Å². The minimum absolute atomic E-state index is 0.0529. The van der Waals surface area contributed by atoms with E-state index in [4.69, 9.17) is 0 Å². The average molecular weight is 284 g/mol. The molecule has 19 heavy (non-hydrogen) atoms. The lowest BCUT2D eigenvalue weighted by molar-refractivity contribution is 0.208. The molecule has 0 saturated heterocycles. The Kier molecular flexibility index (Phi) is 2.94. The molecule has 2 bridgehead atoms. The molecule has 0 spiro atoms. The van der Waals surface area contributed by atoms with E-state index in [1.54, 1.807) is 12.1 Å². The summed E-state index contributed by atoms with van der Waals surface area (Å²) in [4.78, 5) is -0.0529. The predicted octanol–water partition coefficient (Wildman–Crippen LogP) is 3.09. The van der Waals surface area contributed by atoms with Gasteiger partial charge in [-0.1, -0.05) is 17.7 Å². The minimum Gasteiger partial charge on any atom is -0.282 e. The van der Waals surface area contributed by atoms with Gasteiger partial charge < -0.3 is 0 Å². The molecule has 1 aromatic rings. The number of hydrogen-bond acceptors (Lipinski definition) is 2. The van der Waals surface area contributed by atoms with Gasteiger partial charge in [-0.3, -0.25) is 4.55 Å². The van der Waals surface area contributed by atoms with E-state index in [9.17, 15) is 17.4 Å². The predicted molar refractivity (Wildman–Crippen MR) is 69.5 cm³/mol. The smallest absolute Gasteiger partial charge is 0.282 e. The van der Waals surface area contributed by atoms with Crippen molar-refractivity contribution in [3.8, 4) is 0 Å². The summed E-state index contributed by atoms with van der Waals surface area (Å²) in [7, 11) is -4.24. The topological polar surface area (TPSA) is 54.4 Å². The second kappa shape index (κ2) is 4.28. The highest BCUT2D eigenvalue weighted by Crippen LogP contribution is 2.55. The molecule has 2 aliphatic carbocycles.